The summed E-state index contributed by atoms with van der Waals surface area (Å²) in [4.78, 5) is 47.9. The largest absolute Gasteiger partial charge is 0.493 e. The summed E-state index contributed by atoms with van der Waals surface area (Å²) in [6.45, 7) is 10.7. The molecule has 0 aliphatic rings. The van der Waals surface area contributed by atoms with Crippen LogP contribution < -0.4 is 18.9 Å². The van der Waals surface area contributed by atoms with E-state index < -0.39 is 23.9 Å². The molecular weight excluding hydrogens is 576 g/mol. The maximum atomic E-state index is 12.6. The molecule has 0 saturated carbocycles. The number of benzene rings is 3. The van der Waals surface area contributed by atoms with Crippen LogP contribution in [0.5, 0.6) is 23.0 Å². The fraction of sp³-hybridized carbons (Fsp3) is 0.212. The maximum absolute atomic E-state index is 12.6. The van der Waals surface area contributed by atoms with Crippen LogP contribution in [0.2, 0.25) is 5.02 Å². The molecule has 3 rings (SSSR count). The van der Waals surface area contributed by atoms with Crippen molar-refractivity contribution in [3.05, 3.63) is 107 Å². The summed E-state index contributed by atoms with van der Waals surface area (Å²) < 4.78 is 26.5. The maximum Gasteiger partial charge on any atom is 0.343 e. The molecule has 0 saturated heterocycles. The van der Waals surface area contributed by atoms with Crippen LogP contribution in [0.1, 0.15) is 42.6 Å². The van der Waals surface area contributed by atoms with Crippen LogP contribution in [-0.2, 0) is 25.5 Å². The van der Waals surface area contributed by atoms with Gasteiger partial charge in [0.2, 0.25) is 0 Å². The van der Waals surface area contributed by atoms with Crippen LogP contribution >= 0.6 is 11.6 Å². The SMILES string of the molecule is C=C(C)C(=O)OCCCOc1ccc(C(=O)Oc2ccc(OC(=O)CCc3ccc(OC(=O)C(=C)C)cc3)c(Cl)c2)cc1. The van der Waals surface area contributed by atoms with Gasteiger partial charge in [0.05, 0.1) is 23.8 Å². The highest BCUT2D eigenvalue weighted by Crippen LogP contribution is 2.30. The van der Waals surface area contributed by atoms with E-state index in [-0.39, 0.29) is 35.1 Å². The Morgan fingerprint density at radius 1 is 0.721 bits per heavy atom. The van der Waals surface area contributed by atoms with Gasteiger partial charge in [-0.3, -0.25) is 4.79 Å². The van der Waals surface area contributed by atoms with E-state index in [1.807, 2.05) is 0 Å². The summed E-state index contributed by atoms with van der Waals surface area (Å²) in [6.07, 6.45) is 0.981. The third kappa shape index (κ3) is 10.8. The van der Waals surface area contributed by atoms with Gasteiger partial charge in [0.15, 0.2) is 0 Å². The second-order valence-electron chi connectivity index (χ2n) is 9.41. The van der Waals surface area contributed by atoms with Crippen molar-refractivity contribution in [2.75, 3.05) is 13.2 Å². The Labute approximate surface area is 254 Å². The van der Waals surface area contributed by atoms with Gasteiger partial charge in [0.1, 0.15) is 23.0 Å². The minimum Gasteiger partial charge on any atom is -0.493 e. The van der Waals surface area contributed by atoms with Crippen LogP contribution in [0.3, 0.4) is 0 Å². The number of hydrogen-bond acceptors (Lipinski definition) is 9. The minimum atomic E-state index is -0.612. The van der Waals surface area contributed by atoms with Crippen LogP contribution in [0, 0.1) is 0 Å². The molecule has 0 heterocycles. The van der Waals surface area contributed by atoms with E-state index in [2.05, 4.69) is 13.2 Å². The number of hydrogen-bond donors (Lipinski definition) is 0. The fourth-order valence-corrected chi connectivity index (χ4v) is 3.57. The minimum absolute atomic E-state index is 0.0835. The summed E-state index contributed by atoms with van der Waals surface area (Å²) in [5.41, 5.74) is 1.77. The summed E-state index contributed by atoms with van der Waals surface area (Å²) in [5, 5.41) is 0.0972. The van der Waals surface area contributed by atoms with Gasteiger partial charge in [-0.25, -0.2) is 14.4 Å². The van der Waals surface area contributed by atoms with E-state index in [0.717, 1.165) is 5.56 Å². The highest BCUT2D eigenvalue weighted by molar-refractivity contribution is 6.32. The van der Waals surface area contributed by atoms with E-state index in [9.17, 15) is 19.2 Å². The molecule has 0 atom stereocenters. The zero-order chi connectivity index (χ0) is 31.4. The van der Waals surface area contributed by atoms with Crippen LogP contribution in [0.25, 0.3) is 0 Å². The van der Waals surface area contributed by atoms with Crippen molar-refractivity contribution in [2.24, 2.45) is 0 Å². The van der Waals surface area contributed by atoms with Crippen LogP contribution in [0.4, 0.5) is 0 Å². The number of halogens is 1. The van der Waals surface area contributed by atoms with Gasteiger partial charge in [-0.1, -0.05) is 36.9 Å². The number of rotatable bonds is 14. The van der Waals surface area contributed by atoms with E-state index in [1.165, 1.54) is 18.2 Å². The molecule has 3 aromatic rings. The van der Waals surface area contributed by atoms with Crippen LogP contribution in [0.15, 0.2) is 91.0 Å². The predicted molar refractivity (Wildman–Crippen MR) is 160 cm³/mol. The average Bonchev–Trinajstić information content (AvgIpc) is 2.98. The highest BCUT2D eigenvalue weighted by Gasteiger charge is 2.14. The normalized spacial score (nSPS) is 10.3. The van der Waals surface area contributed by atoms with Gasteiger partial charge >= 0.3 is 23.9 Å². The van der Waals surface area contributed by atoms with Gasteiger partial charge in [-0.05, 0) is 74.4 Å². The summed E-state index contributed by atoms with van der Waals surface area (Å²) in [7, 11) is 0. The van der Waals surface area contributed by atoms with Crippen molar-refractivity contribution in [1.82, 2.24) is 0 Å². The smallest absolute Gasteiger partial charge is 0.343 e. The lowest BCUT2D eigenvalue weighted by Gasteiger charge is -2.10. The number of ether oxygens (including phenoxy) is 5. The first-order valence-electron chi connectivity index (χ1n) is 13.3. The van der Waals surface area contributed by atoms with E-state index in [4.69, 9.17) is 35.3 Å². The van der Waals surface area contributed by atoms with Crippen molar-refractivity contribution in [3.63, 3.8) is 0 Å². The Bertz CT molecular complexity index is 1490. The fourth-order valence-electron chi connectivity index (χ4n) is 3.36. The summed E-state index contributed by atoms with van der Waals surface area (Å²) >= 11 is 6.26. The first-order valence-corrected chi connectivity index (χ1v) is 13.6. The third-order valence-corrected chi connectivity index (χ3v) is 5.96. The molecular formula is C33H31ClO9. The molecule has 0 radical (unpaired) electrons. The lowest BCUT2D eigenvalue weighted by molar-refractivity contribution is -0.139. The number of carbonyl (C=O) groups excluding carboxylic acids is 4. The molecule has 0 bridgehead atoms. The quantitative estimate of drug-likeness (QED) is 0.0881. The van der Waals surface area contributed by atoms with Crippen molar-refractivity contribution in [1.29, 1.82) is 0 Å². The average molecular weight is 607 g/mol. The Morgan fingerprint density at radius 3 is 1.98 bits per heavy atom. The Morgan fingerprint density at radius 2 is 1.35 bits per heavy atom. The lowest BCUT2D eigenvalue weighted by Crippen LogP contribution is -2.11. The molecule has 3 aromatic carbocycles. The first kappa shape index (κ1) is 32.6. The first-order chi connectivity index (χ1) is 20.5. The Kier molecular flexibility index (Phi) is 12.1. The monoisotopic (exact) mass is 606 g/mol. The topological polar surface area (TPSA) is 114 Å². The zero-order valence-electron chi connectivity index (χ0n) is 23.9. The van der Waals surface area contributed by atoms with Gasteiger partial charge in [-0.2, -0.15) is 0 Å². The van der Waals surface area contributed by atoms with Gasteiger partial charge in [-0.15, -0.1) is 0 Å². The zero-order valence-corrected chi connectivity index (χ0v) is 24.6. The number of carbonyl (C=O) groups is 4. The Balaban J connectivity index is 1.43. The molecule has 224 valence electrons. The van der Waals surface area contributed by atoms with E-state index in [1.54, 1.807) is 62.4 Å². The number of aryl methyl sites for hydroxylation is 1. The second-order valence-corrected chi connectivity index (χ2v) is 9.82. The van der Waals surface area contributed by atoms with Gasteiger partial charge in [0.25, 0.3) is 0 Å². The van der Waals surface area contributed by atoms with Gasteiger partial charge < -0.3 is 23.7 Å². The molecule has 10 heteroatoms. The molecule has 0 aliphatic carbocycles. The third-order valence-electron chi connectivity index (χ3n) is 5.67. The molecule has 0 aliphatic heterocycles. The molecule has 43 heavy (non-hydrogen) atoms. The number of esters is 4. The molecule has 0 fully saturated rings. The van der Waals surface area contributed by atoms with Crippen molar-refractivity contribution < 1.29 is 42.9 Å². The van der Waals surface area contributed by atoms with E-state index in [0.29, 0.717) is 42.1 Å². The standard InChI is InChI=1S/C33H31ClO9/c1-21(2)31(36)40-19-5-18-39-25-13-9-24(10-14-25)33(38)42-27-15-16-29(28(34)20-27)43-30(35)17-8-23-6-11-26(12-7-23)41-32(37)22(3)4/h6-7,9-16,20H,1,3,5,8,17-19H2,2,4H3. The lowest BCUT2D eigenvalue weighted by atomic mass is 10.1. The van der Waals surface area contributed by atoms with Crippen LogP contribution in [-0.4, -0.2) is 37.1 Å². The molecule has 9 nitrogen and oxygen atoms in total. The molecule has 0 N–H and O–H groups in total. The molecule has 0 unspecified atom stereocenters. The van der Waals surface area contributed by atoms with Crippen molar-refractivity contribution >= 4 is 35.5 Å². The Hall–Kier alpha value is -4.89. The van der Waals surface area contributed by atoms with Crippen molar-refractivity contribution in [2.45, 2.75) is 33.1 Å². The summed E-state index contributed by atoms with van der Waals surface area (Å²) in [5.74, 6) is -0.845. The van der Waals surface area contributed by atoms with E-state index >= 15 is 0 Å². The second kappa shape index (κ2) is 15.9. The molecule has 0 amide bonds. The molecule has 0 spiro atoms. The van der Waals surface area contributed by atoms with Gasteiger partial charge in [0, 0.05) is 30.1 Å². The predicted octanol–water partition coefficient (Wildman–Crippen LogP) is 6.47. The summed E-state index contributed by atoms with van der Waals surface area (Å²) in [6, 6.07) is 17.4. The molecule has 0 aromatic heterocycles. The van der Waals surface area contributed by atoms with Crippen molar-refractivity contribution in [3.8, 4) is 23.0 Å². The highest BCUT2D eigenvalue weighted by atomic mass is 35.5.